The molecule has 3 aromatic rings. The van der Waals surface area contributed by atoms with E-state index >= 15 is 0 Å². The summed E-state index contributed by atoms with van der Waals surface area (Å²) in [7, 11) is 0. The highest BCUT2D eigenvalue weighted by molar-refractivity contribution is 9.09. The van der Waals surface area contributed by atoms with Crippen LogP contribution in [0.3, 0.4) is 0 Å². The van der Waals surface area contributed by atoms with Crippen LogP contribution in [0.1, 0.15) is 259 Å². The molecule has 0 saturated heterocycles. The lowest BCUT2D eigenvalue weighted by molar-refractivity contribution is -0.432. The molecule has 0 aliphatic heterocycles. The molecule has 3 aromatic carbocycles. The third-order valence-electron chi connectivity index (χ3n) is 20.3. The van der Waals surface area contributed by atoms with Crippen molar-refractivity contribution in [2.24, 2.45) is 53.3 Å². The molecule has 0 bridgehead atoms. The molecule has 9 rings (SSSR count). The summed E-state index contributed by atoms with van der Waals surface area (Å²) in [4.78, 5) is -3.69. The topological polar surface area (TPSA) is 9.23 Å². The van der Waals surface area contributed by atoms with Crippen LogP contribution in [0.4, 0.5) is 57.1 Å². The first-order valence-electron chi connectivity index (χ1n) is 31.1. The number of ether oxygens (including phenoxy) is 1. The summed E-state index contributed by atoms with van der Waals surface area (Å²) in [5, 5.41) is 0. The van der Waals surface area contributed by atoms with Gasteiger partial charge in [-0.1, -0.05) is 97.8 Å². The lowest BCUT2D eigenvalue weighted by Crippen LogP contribution is -2.30. The van der Waals surface area contributed by atoms with E-state index < -0.39 is 63.3 Å². The molecule has 0 amide bonds. The fraction of sp³-hybridized carbons (Fsp3) is 0.727. The number of hydrogen-bond donors (Lipinski definition) is 0. The molecule has 1 nitrogen and oxygen atoms in total. The second-order valence-corrected chi connectivity index (χ2v) is 26.5. The Kier molecular flexibility index (Phi) is 24.4. The van der Waals surface area contributed by atoms with Gasteiger partial charge in [-0.3, -0.25) is 0 Å². The predicted molar refractivity (Wildman–Crippen MR) is 298 cm³/mol. The van der Waals surface area contributed by atoms with E-state index in [4.69, 9.17) is 0 Å². The zero-order valence-electron chi connectivity index (χ0n) is 47.9. The van der Waals surface area contributed by atoms with Gasteiger partial charge in [0, 0.05) is 6.07 Å². The molecule has 6 saturated carbocycles. The molecule has 0 radical (unpaired) electrons. The van der Waals surface area contributed by atoms with E-state index in [0.717, 1.165) is 123 Å². The Morgan fingerprint density at radius 1 is 0.358 bits per heavy atom. The number of alkyl halides is 8. The average molecular weight is 1220 g/mol. The van der Waals surface area contributed by atoms with E-state index in [1.807, 2.05) is 0 Å². The summed E-state index contributed by atoms with van der Waals surface area (Å²) in [6.45, 7) is 6.75. The van der Waals surface area contributed by atoms with Crippen molar-refractivity contribution in [3.8, 4) is 0 Å². The summed E-state index contributed by atoms with van der Waals surface area (Å²) in [5.41, 5.74) is -1.59. The SMILES string of the molecule is CCCC1CCC(C2CCC(c3cc(F)c(C(F)(F)Br)c(F)c3)CC2)CC1.CCCC1CCC(C2CCC(c3cc(F)c(C(F)(F)OC(F)(F)F)c(F)c3)CC2)CC1.CCCC1CCC(C2CCC(c3cc(F)cc(F)c3)CC2)CC1. The minimum atomic E-state index is -5.73. The molecule has 0 spiro atoms. The van der Waals surface area contributed by atoms with Crippen molar-refractivity contribution in [3.05, 3.63) is 105 Å². The largest absolute Gasteiger partial charge is 0.527 e. The summed E-state index contributed by atoms with van der Waals surface area (Å²) >= 11 is 2.06. The smallest absolute Gasteiger partial charge is 0.222 e. The minimum Gasteiger partial charge on any atom is -0.222 e. The van der Waals surface area contributed by atoms with Crippen LogP contribution in [0.2, 0.25) is 0 Å². The summed E-state index contributed by atoms with van der Waals surface area (Å²) < 4.78 is 177. The Morgan fingerprint density at radius 3 is 0.852 bits per heavy atom. The number of benzene rings is 3. The first kappa shape index (κ1) is 65.7. The van der Waals surface area contributed by atoms with Gasteiger partial charge in [-0.2, -0.15) is 17.6 Å². The normalized spacial score (nSPS) is 29.7. The van der Waals surface area contributed by atoms with Gasteiger partial charge in [0.25, 0.3) is 0 Å². The Labute approximate surface area is 482 Å². The predicted octanol–water partition coefficient (Wildman–Crippen LogP) is 23.6. The fourth-order valence-corrected chi connectivity index (χ4v) is 16.4. The van der Waals surface area contributed by atoms with Gasteiger partial charge in [0.15, 0.2) is 0 Å². The lowest BCUT2D eigenvalue weighted by Gasteiger charge is -2.38. The van der Waals surface area contributed by atoms with Crippen LogP contribution in [0.5, 0.6) is 0 Å². The van der Waals surface area contributed by atoms with Gasteiger partial charge in [-0.15, -0.1) is 13.2 Å². The van der Waals surface area contributed by atoms with Crippen molar-refractivity contribution in [2.75, 3.05) is 0 Å². The third-order valence-corrected chi connectivity index (χ3v) is 20.7. The maximum atomic E-state index is 14.2. The van der Waals surface area contributed by atoms with Gasteiger partial charge in [0.1, 0.15) is 46.0 Å². The van der Waals surface area contributed by atoms with E-state index in [0.29, 0.717) is 42.1 Å². The Bertz CT molecular complexity index is 2310. The van der Waals surface area contributed by atoms with Gasteiger partial charge >= 0.3 is 17.3 Å². The monoisotopic (exact) mass is 1220 g/mol. The highest BCUT2D eigenvalue weighted by Crippen LogP contribution is 2.49. The molecule has 6 aliphatic rings. The molecular weight excluding hydrogens is 1140 g/mol. The molecule has 6 aliphatic carbocycles. The lowest BCUT2D eigenvalue weighted by atomic mass is 9.68. The van der Waals surface area contributed by atoms with Crippen molar-refractivity contribution in [1.82, 2.24) is 0 Å². The third kappa shape index (κ3) is 18.8. The minimum absolute atomic E-state index is 0.0691. The van der Waals surface area contributed by atoms with Gasteiger partial charge in [0.2, 0.25) is 0 Å². The van der Waals surface area contributed by atoms with Crippen molar-refractivity contribution in [1.29, 1.82) is 0 Å². The molecule has 0 heterocycles. The maximum Gasteiger partial charge on any atom is 0.527 e. The second-order valence-electron chi connectivity index (χ2n) is 25.5. The number of rotatable bonds is 15. The van der Waals surface area contributed by atoms with Crippen LogP contribution in [-0.4, -0.2) is 6.36 Å². The van der Waals surface area contributed by atoms with E-state index in [-0.39, 0.29) is 17.4 Å². The van der Waals surface area contributed by atoms with E-state index in [2.05, 4.69) is 41.4 Å². The van der Waals surface area contributed by atoms with Crippen molar-refractivity contribution in [2.45, 2.75) is 248 Å². The molecule has 0 atom stereocenters. The van der Waals surface area contributed by atoms with Crippen LogP contribution in [0.15, 0.2) is 42.5 Å². The van der Waals surface area contributed by atoms with Crippen molar-refractivity contribution in [3.63, 3.8) is 0 Å². The van der Waals surface area contributed by atoms with E-state index in [1.165, 1.54) is 141 Å². The number of hydrogen-bond acceptors (Lipinski definition) is 1. The second kappa shape index (κ2) is 30.0. The highest BCUT2D eigenvalue weighted by Gasteiger charge is 2.50. The standard InChI is InChI=1S/C23H29F7O.C22H29BrF4.C21H30F2/c1-2-3-14-4-6-15(7-5-14)16-8-10-17(11-9-16)18-12-19(24)21(20(25)13-18)22(26,27)31-23(28,29)30;1-2-3-14-4-6-15(7-5-14)16-8-10-17(11-9-16)18-12-19(24)21(20(25)13-18)22(23,26)27;1-2-3-15-4-6-16(7-5-15)17-8-10-18(11-9-17)19-12-20(22)14-21(23)13-19/h12-17H,2-11H2,1H3;12-17H,2-11H2,1H3;12-18H,2-11H2,1H3. The molecular formula is C66H88BrF13O. The van der Waals surface area contributed by atoms with Crippen LogP contribution in [-0.2, 0) is 15.7 Å². The van der Waals surface area contributed by atoms with Gasteiger partial charge in [0.05, 0.1) is 0 Å². The van der Waals surface area contributed by atoms with Crippen LogP contribution >= 0.6 is 15.9 Å². The number of halogens is 14. The molecule has 15 heteroatoms. The van der Waals surface area contributed by atoms with Crippen LogP contribution in [0, 0.1) is 88.2 Å². The van der Waals surface area contributed by atoms with E-state index in [1.54, 1.807) is 0 Å². The Balaban J connectivity index is 0.000000177. The van der Waals surface area contributed by atoms with Crippen LogP contribution < -0.4 is 0 Å². The summed E-state index contributed by atoms with van der Waals surface area (Å²) in [6, 6.07) is 7.71. The van der Waals surface area contributed by atoms with Gasteiger partial charge < -0.3 is 0 Å². The van der Waals surface area contributed by atoms with Crippen molar-refractivity contribution < 1.29 is 61.8 Å². The molecule has 0 unspecified atom stereocenters. The van der Waals surface area contributed by atoms with Crippen LogP contribution in [0.25, 0.3) is 0 Å². The van der Waals surface area contributed by atoms with Gasteiger partial charge in [-0.05, 0) is 256 Å². The Morgan fingerprint density at radius 2 is 0.605 bits per heavy atom. The first-order chi connectivity index (χ1) is 38.4. The quantitative estimate of drug-likeness (QED) is 0.109. The zero-order valence-corrected chi connectivity index (χ0v) is 49.5. The van der Waals surface area contributed by atoms with Gasteiger partial charge in [-0.25, -0.2) is 31.1 Å². The highest BCUT2D eigenvalue weighted by atomic mass is 79.9. The molecule has 456 valence electrons. The molecule has 0 N–H and O–H groups in total. The molecule has 6 fully saturated rings. The fourth-order valence-electron chi connectivity index (χ4n) is 16.1. The first-order valence-corrected chi connectivity index (χ1v) is 31.9. The molecule has 81 heavy (non-hydrogen) atoms. The zero-order chi connectivity index (χ0) is 58.6. The summed E-state index contributed by atoms with van der Waals surface area (Å²) in [6.07, 6.45) is 24.7. The average Bonchev–Trinajstić information content (AvgIpc) is 3.42. The summed E-state index contributed by atoms with van der Waals surface area (Å²) in [5.74, 6) is 0.799. The molecule has 0 aromatic heterocycles. The van der Waals surface area contributed by atoms with Crippen molar-refractivity contribution >= 4 is 15.9 Å². The maximum absolute atomic E-state index is 14.2. The van der Waals surface area contributed by atoms with E-state index in [9.17, 15) is 57.1 Å². The Hall–Kier alpha value is -2.81.